The highest BCUT2D eigenvalue weighted by molar-refractivity contribution is 4.92. The van der Waals surface area contributed by atoms with Crippen LogP contribution in [-0.2, 0) is 0 Å². The van der Waals surface area contributed by atoms with Gasteiger partial charge in [-0.1, -0.05) is 31.2 Å². The third-order valence-electron chi connectivity index (χ3n) is 3.01. The van der Waals surface area contributed by atoms with Crippen molar-refractivity contribution >= 4 is 0 Å². The Kier molecular flexibility index (Phi) is 5.91. The molecule has 0 saturated heterocycles. The van der Waals surface area contributed by atoms with Crippen molar-refractivity contribution in [3.05, 3.63) is 37.6 Å². The SMILES string of the molecule is C=CCN(C=C)CCC1C=CCCCC1. The van der Waals surface area contributed by atoms with Crippen LogP contribution in [-0.4, -0.2) is 18.0 Å². The van der Waals surface area contributed by atoms with Crippen LogP contribution in [0.3, 0.4) is 0 Å². The largest absolute Gasteiger partial charge is 0.374 e. The zero-order chi connectivity index (χ0) is 10.9. The molecule has 0 aromatic heterocycles. The van der Waals surface area contributed by atoms with E-state index in [1.54, 1.807) is 0 Å². The van der Waals surface area contributed by atoms with Crippen molar-refractivity contribution in [1.29, 1.82) is 0 Å². The lowest BCUT2D eigenvalue weighted by Crippen LogP contribution is -2.20. The first-order chi connectivity index (χ1) is 7.36. The highest BCUT2D eigenvalue weighted by Gasteiger charge is 2.08. The van der Waals surface area contributed by atoms with Crippen molar-refractivity contribution in [2.24, 2.45) is 5.92 Å². The Morgan fingerprint density at radius 3 is 2.93 bits per heavy atom. The highest BCUT2D eigenvalue weighted by Crippen LogP contribution is 2.20. The summed E-state index contributed by atoms with van der Waals surface area (Å²) in [5.74, 6) is 0.778. The molecule has 0 N–H and O–H groups in total. The van der Waals surface area contributed by atoms with Crippen LogP contribution >= 0.6 is 0 Å². The van der Waals surface area contributed by atoms with E-state index in [-0.39, 0.29) is 0 Å². The number of nitrogens with zero attached hydrogens (tertiary/aromatic N) is 1. The maximum atomic E-state index is 3.82. The summed E-state index contributed by atoms with van der Waals surface area (Å²) in [5.41, 5.74) is 0. The lowest BCUT2D eigenvalue weighted by atomic mass is 10.00. The fraction of sp³-hybridized carbons (Fsp3) is 0.571. The predicted molar refractivity (Wildman–Crippen MR) is 67.7 cm³/mol. The summed E-state index contributed by atoms with van der Waals surface area (Å²) in [6.45, 7) is 9.60. The number of allylic oxidation sites excluding steroid dienone is 2. The van der Waals surface area contributed by atoms with Crippen LogP contribution in [0.2, 0.25) is 0 Å². The van der Waals surface area contributed by atoms with Crippen molar-refractivity contribution in [2.45, 2.75) is 32.1 Å². The summed E-state index contributed by atoms with van der Waals surface area (Å²) in [5, 5.41) is 0. The topological polar surface area (TPSA) is 3.24 Å². The monoisotopic (exact) mass is 205 g/mol. The highest BCUT2D eigenvalue weighted by atomic mass is 15.1. The molecule has 0 saturated carbocycles. The molecular formula is C14H23N. The molecule has 0 amide bonds. The second-order valence-electron chi connectivity index (χ2n) is 4.23. The minimum absolute atomic E-state index is 0.778. The molecular weight excluding hydrogens is 182 g/mol. The quantitative estimate of drug-likeness (QED) is 0.597. The lowest BCUT2D eigenvalue weighted by molar-refractivity contribution is 0.370. The predicted octanol–water partition coefficient (Wildman–Crippen LogP) is 3.75. The molecule has 0 aromatic carbocycles. The molecule has 0 bridgehead atoms. The van der Waals surface area contributed by atoms with Crippen molar-refractivity contribution < 1.29 is 0 Å². The van der Waals surface area contributed by atoms with Crippen LogP contribution in [0.1, 0.15) is 32.1 Å². The second kappa shape index (κ2) is 7.33. The Morgan fingerprint density at radius 1 is 1.33 bits per heavy atom. The average Bonchev–Trinajstić information content (AvgIpc) is 2.52. The maximum absolute atomic E-state index is 3.82. The maximum Gasteiger partial charge on any atom is 0.0351 e. The van der Waals surface area contributed by atoms with Gasteiger partial charge in [-0.2, -0.15) is 0 Å². The van der Waals surface area contributed by atoms with Crippen LogP contribution in [0.4, 0.5) is 0 Å². The normalized spacial score (nSPS) is 20.7. The third-order valence-corrected chi connectivity index (χ3v) is 3.01. The van der Waals surface area contributed by atoms with E-state index in [0.29, 0.717) is 0 Å². The van der Waals surface area contributed by atoms with Gasteiger partial charge < -0.3 is 4.90 Å². The second-order valence-corrected chi connectivity index (χ2v) is 4.23. The molecule has 1 heteroatoms. The summed E-state index contributed by atoms with van der Waals surface area (Å²) in [6.07, 6.45) is 15.2. The Morgan fingerprint density at radius 2 is 2.20 bits per heavy atom. The minimum atomic E-state index is 0.778. The zero-order valence-corrected chi connectivity index (χ0v) is 9.70. The summed E-state index contributed by atoms with van der Waals surface area (Å²) in [6, 6.07) is 0. The Balaban J connectivity index is 2.27. The molecule has 1 unspecified atom stereocenters. The van der Waals surface area contributed by atoms with Gasteiger partial charge in [0.2, 0.25) is 0 Å². The number of hydrogen-bond acceptors (Lipinski definition) is 1. The minimum Gasteiger partial charge on any atom is -0.374 e. The molecule has 1 atom stereocenters. The third kappa shape index (κ3) is 4.87. The van der Waals surface area contributed by atoms with Gasteiger partial charge in [0, 0.05) is 13.1 Å². The van der Waals surface area contributed by atoms with Gasteiger partial charge in [0.25, 0.3) is 0 Å². The summed E-state index contributed by atoms with van der Waals surface area (Å²) in [4.78, 5) is 2.23. The van der Waals surface area contributed by atoms with Gasteiger partial charge in [0.05, 0.1) is 0 Å². The van der Waals surface area contributed by atoms with Gasteiger partial charge in [-0.15, -0.1) is 6.58 Å². The van der Waals surface area contributed by atoms with Crippen LogP contribution in [0.5, 0.6) is 0 Å². The van der Waals surface area contributed by atoms with Crippen molar-refractivity contribution in [1.82, 2.24) is 4.90 Å². The first-order valence-corrected chi connectivity index (χ1v) is 6.01. The van der Waals surface area contributed by atoms with Gasteiger partial charge in [0.15, 0.2) is 0 Å². The van der Waals surface area contributed by atoms with Crippen LogP contribution in [0.25, 0.3) is 0 Å². The van der Waals surface area contributed by atoms with Gasteiger partial charge in [0.1, 0.15) is 0 Å². The molecule has 15 heavy (non-hydrogen) atoms. The van der Waals surface area contributed by atoms with Crippen LogP contribution < -0.4 is 0 Å². The van der Waals surface area contributed by atoms with E-state index < -0.39 is 0 Å². The smallest absolute Gasteiger partial charge is 0.0351 e. The molecule has 0 heterocycles. The van der Waals surface area contributed by atoms with Crippen LogP contribution in [0, 0.1) is 5.92 Å². The molecule has 0 aromatic rings. The summed E-state index contributed by atoms with van der Waals surface area (Å²) < 4.78 is 0. The van der Waals surface area contributed by atoms with Crippen molar-refractivity contribution in [3.8, 4) is 0 Å². The number of hydrogen-bond donors (Lipinski definition) is 0. The molecule has 1 aliphatic rings. The van der Waals surface area contributed by atoms with E-state index in [4.69, 9.17) is 0 Å². The summed E-state index contributed by atoms with van der Waals surface area (Å²) in [7, 11) is 0. The summed E-state index contributed by atoms with van der Waals surface area (Å²) >= 11 is 0. The van der Waals surface area contributed by atoms with Gasteiger partial charge in [-0.3, -0.25) is 0 Å². The van der Waals surface area contributed by atoms with Crippen molar-refractivity contribution in [3.63, 3.8) is 0 Å². The molecule has 84 valence electrons. The lowest BCUT2D eigenvalue weighted by Gasteiger charge is -2.20. The Labute approximate surface area is 94.2 Å². The molecule has 1 aliphatic carbocycles. The van der Waals surface area contributed by atoms with E-state index in [2.05, 4.69) is 30.2 Å². The van der Waals surface area contributed by atoms with Gasteiger partial charge in [-0.05, 0) is 37.8 Å². The average molecular weight is 205 g/mol. The first-order valence-electron chi connectivity index (χ1n) is 6.01. The Bertz CT molecular complexity index is 217. The van der Waals surface area contributed by atoms with E-state index in [1.807, 2.05) is 12.3 Å². The Hall–Kier alpha value is -0.980. The molecule has 0 fully saturated rings. The van der Waals surface area contributed by atoms with Crippen molar-refractivity contribution in [2.75, 3.05) is 13.1 Å². The molecule has 0 aliphatic heterocycles. The molecule has 0 radical (unpaired) electrons. The van der Waals surface area contributed by atoms with E-state index >= 15 is 0 Å². The molecule has 0 spiro atoms. The van der Waals surface area contributed by atoms with Gasteiger partial charge in [-0.25, -0.2) is 0 Å². The van der Waals surface area contributed by atoms with Gasteiger partial charge >= 0.3 is 0 Å². The van der Waals surface area contributed by atoms with E-state index in [0.717, 1.165) is 19.0 Å². The van der Waals surface area contributed by atoms with E-state index in [9.17, 15) is 0 Å². The zero-order valence-electron chi connectivity index (χ0n) is 9.70. The molecule has 1 rings (SSSR count). The molecule has 1 nitrogen and oxygen atoms in total. The van der Waals surface area contributed by atoms with Crippen LogP contribution in [0.15, 0.2) is 37.6 Å². The fourth-order valence-corrected chi connectivity index (χ4v) is 2.05. The number of rotatable bonds is 6. The van der Waals surface area contributed by atoms with E-state index in [1.165, 1.54) is 32.1 Å². The standard InChI is InChI=1S/C14H23N/c1-3-12-15(4-2)13-11-14-9-7-5-6-8-10-14/h3-4,7,9,14H,1-2,5-6,8,10-13H2. The fourth-order valence-electron chi connectivity index (χ4n) is 2.05. The first kappa shape index (κ1) is 12.1.